The van der Waals surface area contributed by atoms with E-state index in [0.29, 0.717) is 26.8 Å². The maximum atomic E-state index is 12.9. The number of para-hydroxylation sites is 1. The van der Waals surface area contributed by atoms with Gasteiger partial charge < -0.3 is 9.15 Å². The first kappa shape index (κ1) is 18.1. The second-order valence-corrected chi connectivity index (χ2v) is 8.41. The van der Waals surface area contributed by atoms with Gasteiger partial charge in [0.15, 0.2) is 5.76 Å². The second-order valence-electron chi connectivity index (χ2n) is 6.48. The SMILES string of the molecule is COc1ccc(Br)cc1/C=c1\sc2nc(-c3oc4ccccc4c3C)nn2c1=O. The number of halogens is 1. The summed E-state index contributed by atoms with van der Waals surface area (Å²) < 4.78 is 14.1. The van der Waals surface area contributed by atoms with Crippen molar-refractivity contribution in [3.05, 3.63) is 73.0 Å². The number of methoxy groups -OCH3 is 1. The molecule has 0 saturated carbocycles. The quantitative estimate of drug-likeness (QED) is 0.397. The lowest BCUT2D eigenvalue weighted by Crippen LogP contribution is -2.23. The minimum atomic E-state index is -0.223. The van der Waals surface area contributed by atoms with Gasteiger partial charge >= 0.3 is 0 Å². The highest BCUT2D eigenvalue weighted by Gasteiger charge is 2.19. The van der Waals surface area contributed by atoms with E-state index in [2.05, 4.69) is 26.0 Å². The molecule has 29 heavy (non-hydrogen) atoms. The fraction of sp³-hybridized carbons (Fsp3) is 0.0952. The van der Waals surface area contributed by atoms with Crippen molar-refractivity contribution in [3.8, 4) is 17.3 Å². The van der Waals surface area contributed by atoms with Gasteiger partial charge in [-0.05, 0) is 37.3 Å². The number of furan rings is 1. The van der Waals surface area contributed by atoms with Crippen LogP contribution in [0.4, 0.5) is 0 Å². The summed E-state index contributed by atoms with van der Waals surface area (Å²) in [6, 6.07) is 13.4. The lowest BCUT2D eigenvalue weighted by Gasteiger charge is -2.04. The third-order valence-corrected chi connectivity index (χ3v) is 6.16. The molecule has 6 nitrogen and oxygen atoms in total. The van der Waals surface area contributed by atoms with Gasteiger partial charge in [-0.15, -0.1) is 5.10 Å². The van der Waals surface area contributed by atoms with Gasteiger partial charge in [0.2, 0.25) is 10.8 Å². The van der Waals surface area contributed by atoms with E-state index < -0.39 is 0 Å². The van der Waals surface area contributed by atoms with Crippen LogP contribution < -0.4 is 14.8 Å². The molecule has 0 aliphatic rings. The summed E-state index contributed by atoms with van der Waals surface area (Å²) in [5.41, 5.74) is 2.31. The molecule has 0 fully saturated rings. The fourth-order valence-corrected chi connectivity index (χ4v) is 4.55. The standard InChI is InChI=1S/C21H14BrN3O3S/c1-11-14-5-3-4-6-16(14)28-18(11)19-23-21-25(24-19)20(26)17(29-21)10-12-9-13(22)7-8-15(12)27-2/h3-10H,1-2H3/b17-10-. The molecule has 8 heteroatoms. The van der Waals surface area contributed by atoms with Crippen LogP contribution in [0.3, 0.4) is 0 Å². The summed E-state index contributed by atoms with van der Waals surface area (Å²) in [6.45, 7) is 1.97. The summed E-state index contributed by atoms with van der Waals surface area (Å²) >= 11 is 4.73. The molecule has 0 aliphatic heterocycles. The Balaban J connectivity index is 1.65. The number of hydrogen-bond donors (Lipinski definition) is 0. The molecule has 5 aromatic rings. The highest BCUT2D eigenvalue weighted by molar-refractivity contribution is 9.10. The van der Waals surface area contributed by atoms with E-state index >= 15 is 0 Å². The first-order valence-electron chi connectivity index (χ1n) is 8.78. The molecule has 0 amide bonds. The van der Waals surface area contributed by atoms with E-state index in [0.717, 1.165) is 26.6 Å². The third-order valence-electron chi connectivity index (χ3n) is 4.71. The zero-order valence-electron chi connectivity index (χ0n) is 15.5. The minimum Gasteiger partial charge on any atom is -0.496 e. The topological polar surface area (TPSA) is 69.6 Å². The Labute approximate surface area is 177 Å². The number of nitrogens with zero attached hydrogens (tertiary/aromatic N) is 3. The molecular weight excluding hydrogens is 454 g/mol. The largest absolute Gasteiger partial charge is 0.496 e. The minimum absolute atomic E-state index is 0.223. The van der Waals surface area contributed by atoms with Crippen LogP contribution in [-0.2, 0) is 0 Å². The van der Waals surface area contributed by atoms with Crippen LogP contribution in [0.25, 0.3) is 33.6 Å². The maximum absolute atomic E-state index is 12.9. The zero-order valence-corrected chi connectivity index (χ0v) is 17.9. The average Bonchev–Trinajstić information content (AvgIpc) is 3.36. The first-order valence-corrected chi connectivity index (χ1v) is 10.4. The molecule has 144 valence electrons. The van der Waals surface area contributed by atoms with E-state index in [1.807, 2.05) is 49.4 Å². The molecule has 5 rings (SSSR count). The summed E-state index contributed by atoms with van der Waals surface area (Å²) in [5, 5.41) is 5.42. The third kappa shape index (κ3) is 2.95. The number of aromatic nitrogens is 3. The summed E-state index contributed by atoms with van der Waals surface area (Å²) in [6.07, 6.45) is 1.79. The maximum Gasteiger partial charge on any atom is 0.291 e. The number of hydrogen-bond acceptors (Lipinski definition) is 6. The Bertz CT molecular complexity index is 1500. The van der Waals surface area contributed by atoms with Gasteiger partial charge in [0.05, 0.1) is 11.6 Å². The van der Waals surface area contributed by atoms with Gasteiger partial charge in [-0.1, -0.05) is 45.5 Å². The van der Waals surface area contributed by atoms with Crippen molar-refractivity contribution >= 4 is 49.3 Å². The molecule has 0 saturated heterocycles. The molecule has 0 spiro atoms. The predicted octanol–water partition coefficient (Wildman–Crippen LogP) is 4.19. The van der Waals surface area contributed by atoms with Gasteiger partial charge in [0, 0.05) is 21.0 Å². The van der Waals surface area contributed by atoms with Crippen molar-refractivity contribution in [2.45, 2.75) is 6.92 Å². The molecule has 0 radical (unpaired) electrons. The number of rotatable bonds is 3. The van der Waals surface area contributed by atoms with Crippen LogP contribution in [-0.4, -0.2) is 21.7 Å². The van der Waals surface area contributed by atoms with Crippen molar-refractivity contribution in [2.75, 3.05) is 7.11 Å². The van der Waals surface area contributed by atoms with Crippen molar-refractivity contribution in [1.29, 1.82) is 0 Å². The van der Waals surface area contributed by atoms with Crippen LogP contribution in [0.2, 0.25) is 0 Å². The van der Waals surface area contributed by atoms with Crippen LogP contribution in [0.15, 0.2) is 56.1 Å². The Morgan fingerprint density at radius 2 is 2.07 bits per heavy atom. The van der Waals surface area contributed by atoms with Crippen LogP contribution >= 0.6 is 27.3 Å². The molecule has 2 aromatic carbocycles. The molecule has 3 aromatic heterocycles. The predicted molar refractivity (Wildman–Crippen MR) is 117 cm³/mol. The average molecular weight is 468 g/mol. The van der Waals surface area contributed by atoms with Crippen molar-refractivity contribution in [3.63, 3.8) is 0 Å². The molecule has 3 heterocycles. The van der Waals surface area contributed by atoms with Crippen molar-refractivity contribution in [1.82, 2.24) is 14.6 Å². The number of fused-ring (bicyclic) bond motifs is 2. The van der Waals surface area contributed by atoms with E-state index in [-0.39, 0.29) is 5.56 Å². The fourth-order valence-electron chi connectivity index (χ4n) is 3.28. The van der Waals surface area contributed by atoms with Crippen LogP contribution in [0.5, 0.6) is 5.75 Å². The van der Waals surface area contributed by atoms with Crippen LogP contribution in [0.1, 0.15) is 11.1 Å². The lowest BCUT2D eigenvalue weighted by molar-refractivity contribution is 0.414. The first-order chi connectivity index (χ1) is 14.0. The van der Waals surface area contributed by atoms with E-state index in [1.54, 1.807) is 13.2 Å². The summed E-state index contributed by atoms with van der Waals surface area (Å²) in [7, 11) is 1.60. The normalized spacial score (nSPS) is 12.3. The lowest BCUT2D eigenvalue weighted by atomic mass is 10.1. The van der Waals surface area contributed by atoms with E-state index in [1.165, 1.54) is 15.9 Å². The Kier molecular flexibility index (Phi) is 4.25. The number of thiazole rings is 1. The van der Waals surface area contributed by atoms with Crippen molar-refractivity contribution < 1.29 is 9.15 Å². The van der Waals surface area contributed by atoms with Gasteiger partial charge in [-0.25, -0.2) is 0 Å². The van der Waals surface area contributed by atoms with Crippen LogP contribution in [0, 0.1) is 6.92 Å². The monoisotopic (exact) mass is 467 g/mol. The van der Waals surface area contributed by atoms with Gasteiger partial charge in [0.1, 0.15) is 11.3 Å². The zero-order chi connectivity index (χ0) is 20.1. The molecular formula is C21H14BrN3O3S. The highest BCUT2D eigenvalue weighted by atomic mass is 79.9. The molecule has 0 N–H and O–H groups in total. The van der Waals surface area contributed by atoms with E-state index in [9.17, 15) is 4.79 Å². The molecule has 0 atom stereocenters. The van der Waals surface area contributed by atoms with Gasteiger partial charge in [-0.3, -0.25) is 4.79 Å². The molecule has 0 bridgehead atoms. The summed E-state index contributed by atoms with van der Waals surface area (Å²) in [4.78, 5) is 17.9. The molecule has 0 unspecified atom stereocenters. The highest BCUT2D eigenvalue weighted by Crippen LogP contribution is 2.31. The number of benzene rings is 2. The van der Waals surface area contributed by atoms with Gasteiger partial charge in [0.25, 0.3) is 5.56 Å². The Morgan fingerprint density at radius 1 is 1.24 bits per heavy atom. The Morgan fingerprint density at radius 3 is 2.83 bits per heavy atom. The number of ether oxygens (including phenoxy) is 1. The second kappa shape index (κ2) is 6.82. The molecule has 0 aliphatic carbocycles. The van der Waals surface area contributed by atoms with Crippen molar-refractivity contribution in [2.24, 2.45) is 0 Å². The van der Waals surface area contributed by atoms with Gasteiger partial charge in [-0.2, -0.15) is 9.50 Å². The Hall–Kier alpha value is -2.97. The summed E-state index contributed by atoms with van der Waals surface area (Å²) in [5.74, 6) is 1.68. The smallest absolute Gasteiger partial charge is 0.291 e. The number of aryl methyl sites for hydroxylation is 1. The van der Waals surface area contributed by atoms with E-state index in [4.69, 9.17) is 9.15 Å².